The summed E-state index contributed by atoms with van der Waals surface area (Å²) in [6.07, 6.45) is 3.47. The average molecular weight is 379 g/mol. The number of thiophene rings is 1. The van der Waals surface area contributed by atoms with Crippen molar-refractivity contribution < 1.29 is 9.53 Å². The summed E-state index contributed by atoms with van der Waals surface area (Å²) in [5, 5.41) is 10.9. The Bertz CT molecular complexity index is 742. The Morgan fingerprint density at radius 3 is 3.05 bits per heavy atom. The van der Waals surface area contributed by atoms with Gasteiger partial charge in [0, 0.05) is 35.2 Å². The van der Waals surface area contributed by atoms with Gasteiger partial charge < -0.3 is 9.64 Å². The number of aromatic nitrogens is 2. The van der Waals surface area contributed by atoms with E-state index in [9.17, 15) is 4.79 Å². The lowest BCUT2D eigenvalue weighted by Gasteiger charge is -2.16. The van der Waals surface area contributed by atoms with Gasteiger partial charge in [0.1, 0.15) is 12.2 Å². The predicted molar refractivity (Wildman–Crippen MR) is 83.7 cm³/mol. The lowest BCUT2D eigenvalue weighted by Crippen LogP contribution is -2.30. The summed E-state index contributed by atoms with van der Waals surface area (Å²) in [5.41, 5.74) is 0.162. The zero-order valence-electron chi connectivity index (χ0n) is 11.4. The molecule has 1 aliphatic heterocycles. The van der Waals surface area contributed by atoms with E-state index in [1.54, 1.807) is 4.90 Å². The first-order valence-corrected chi connectivity index (χ1v) is 8.25. The molecule has 22 heavy (non-hydrogen) atoms. The van der Waals surface area contributed by atoms with Crippen molar-refractivity contribution in [3.05, 3.63) is 38.9 Å². The third kappa shape index (κ3) is 3.10. The third-order valence-electron chi connectivity index (χ3n) is 3.26. The van der Waals surface area contributed by atoms with Crippen molar-refractivity contribution in [2.24, 2.45) is 0 Å². The van der Waals surface area contributed by atoms with Crippen LogP contribution in [0.5, 0.6) is 5.88 Å². The van der Waals surface area contributed by atoms with Gasteiger partial charge in [0.05, 0.1) is 11.4 Å². The Hall–Kier alpha value is -1.98. The molecule has 0 aliphatic carbocycles. The fourth-order valence-electron chi connectivity index (χ4n) is 2.24. The molecule has 1 saturated heterocycles. The maximum absolute atomic E-state index is 12.4. The SMILES string of the molecule is N#Cc1nccnc1O[C@@H]1CCN(C(=O)c2cc(Br)cs2)C1. The van der Waals surface area contributed by atoms with Crippen molar-refractivity contribution in [3.8, 4) is 11.9 Å². The van der Waals surface area contributed by atoms with Gasteiger partial charge >= 0.3 is 0 Å². The minimum Gasteiger partial charge on any atom is -0.470 e. The second-order valence-corrected chi connectivity index (χ2v) is 6.56. The minimum absolute atomic E-state index is 0.00134. The van der Waals surface area contributed by atoms with Crippen molar-refractivity contribution in [1.29, 1.82) is 5.26 Å². The van der Waals surface area contributed by atoms with Crippen LogP contribution < -0.4 is 4.74 Å². The maximum atomic E-state index is 12.4. The molecule has 0 unspecified atom stereocenters. The van der Waals surface area contributed by atoms with Crippen LogP contribution in [0.25, 0.3) is 0 Å². The number of ether oxygens (including phenoxy) is 1. The van der Waals surface area contributed by atoms with Gasteiger partial charge in [-0.25, -0.2) is 9.97 Å². The zero-order valence-corrected chi connectivity index (χ0v) is 13.8. The fourth-order valence-corrected chi connectivity index (χ4v) is 3.63. The second kappa shape index (κ2) is 6.42. The molecule has 0 bridgehead atoms. The Morgan fingerprint density at radius 2 is 2.32 bits per heavy atom. The normalized spacial score (nSPS) is 17.3. The fraction of sp³-hybridized carbons (Fsp3) is 0.286. The molecular weight excluding hydrogens is 368 g/mol. The van der Waals surface area contributed by atoms with E-state index in [1.807, 2.05) is 17.5 Å². The van der Waals surface area contributed by atoms with Crippen LogP contribution in [0.2, 0.25) is 0 Å². The molecule has 0 N–H and O–H groups in total. The van der Waals surface area contributed by atoms with Crippen LogP contribution in [0.1, 0.15) is 21.8 Å². The largest absolute Gasteiger partial charge is 0.470 e. The molecule has 1 aliphatic rings. The number of likely N-dealkylation sites (tertiary alicyclic amines) is 1. The number of nitrogens with zero attached hydrogens (tertiary/aromatic N) is 4. The van der Waals surface area contributed by atoms with E-state index in [1.165, 1.54) is 23.7 Å². The topological polar surface area (TPSA) is 79.1 Å². The van der Waals surface area contributed by atoms with Gasteiger partial charge in [0.15, 0.2) is 0 Å². The molecule has 0 aromatic carbocycles. The predicted octanol–water partition coefficient (Wildman–Crippen LogP) is 2.47. The first kappa shape index (κ1) is 14.9. The molecule has 112 valence electrons. The molecule has 3 heterocycles. The van der Waals surface area contributed by atoms with E-state index in [-0.39, 0.29) is 23.6 Å². The smallest absolute Gasteiger partial charge is 0.264 e. The number of rotatable bonds is 3. The first-order chi connectivity index (χ1) is 10.7. The molecular formula is C14H11BrN4O2S. The van der Waals surface area contributed by atoms with Gasteiger partial charge in [-0.1, -0.05) is 0 Å². The molecule has 2 aromatic heterocycles. The molecule has 6 nitrogen and oxygen atoms in total. The molecule has 1 fully saturated rings. The summed E-state index contributed by atoms with van der Waals surface area (Å²) >= 11 is 4.76. The van der Waals surface area contributed by atoms with Crippen LogP contribution in [0, 0.1) is 11.3 Å². The van der Waals surface area contributed by atoms with Gasteiger partial charge in [0.2, 0.25) is 5.69 Å². The maximum Gasteiger partial charge on any atom is 0.264 e. The summed E-state index contributed by atoms with van der Waals surface area (Å²) in [4.78, 5) is 22.8. The molecule has 8 heteroatoms. The Morgan fingerprint density at radius 1 is 1.50 bits per heavy atom. The third-order valence-corrected chi connectivity index (χ3v) is 4.94. The number of carbonyl (C=O) groups is 1. The number of hydrogen-bond donors (Lipinski definition) is 0. The zero-order chi connectivity index (χ0) is 15.5. The highest BCUT2D eigenvalue weighted by Gasteiger charge is 2.29. The van der Waals surface area contributed by atoms with Crippen molar-refractivity contribution >= 4 is 33.2 Å². The van der Waals surface area contributed by atoms with E-state index in [2.05, 4.69) is 25.9 Å². The van der Waals surface area contributed by atoms with Crippen molar-refractivity contribution in [2.75, 3.05) is 13.1 Å². The highest BCUT2D eigenvalue weighted by Crippen LogP contribution is 2.24. The lowest BCUT2D eigenvalue weighted by atomic mass is 10.3. The molecule has 0 spiro atoms. The van der Waals surface area contributed by atoms with Gasteiger partial charge in [-0.15, -0.1) is 11.3 Å². The second-order valence-electron chi connectivity index (χ2n) is 4.73. The summed E-state index contributed by atoms with van der Waals surface area (Å²) in [6, 6.07) is 3.77. The molecule has 0 radical (unpaired) electrons. The first-order valence-electron chi connectivity index (χ1n) is 6.58. The molecule has 0 saturated carbocycles. The summed E-state index contributed by atoms with van der Waals surface area (Å²) in [5.74, 6) is 0.226. The van der Waals surface area contributed by atoms with Crippen LogP contribution in [-0.4, -0.2) is 40.0 Å². The lowest BCUT2D eigenvalue weighted by molar-refractivity contribution is 0.0775. The number of nitriles is 1. The van der Waals surface area contributed by atoms with Gasteiger partial charge in [-0.2, -0.15) is 5.26 Å². The van der Waals surface area contributed by atoms with E-state index >= 15 is 0 Å². The highest BCUT2D eigenvalue weighted by atomic mass is 79.9. The van der Waals surface area contributed by atoms with Crippen molar-refractivity contribution in [2.45, 2.75) is 12.5 Å². The van der Waals surface area contributed by atoms with Crippen LogP contribution in [0.15, 0.2) is 28.3 Å². The van der Waals surface area contributed by atoms with E-state index in [0.717, 1.165) is 4.47 Å². The van der Waals surface area contributed by atoms with E-state index in [0.29, 0.717) is 24.4 Å². The monoisotopic (exact) mass is 378 g/mol. The van der Waals surface area contributed by atoms with Crippen LogP contribution in [0.4, 0.5) is 0 Å². The summed E-state index contributed by atoms with van der Waals surface area (Å²) < 4.78 is 6.63. The molecule has 2 aromatic rings. The van der Waals surface area contributed by atoms with Crippen LogP contribution in [0.3, 0.4) is 0 Å². The van der Waals surface area contributed by atoms with E-state index in [4.69, 9.17) is 10.00 Å². The quantitative estimate of drug-likeness (QED) is 0.819. The molecule has 1 amide bonds. The number of amides is 1. The average Bonchev–Trinajstić information content (AvgIpc) is 3.16. The Labute approximate surface area is 139 Å². The molecule has 3 rings (SSSR count). The Kier molecular flexibility index (Phi) is 4.36. The van der Waals surface area contributed by atoms with Gasteiger partial charge in [0.25, 0.3) is 11.8 Å². The van der Waals surface area contributed by atoms with Crippen molar-refractivity contribution in [1.82, 2.24) is 14.9 Å². The standard InChI is InChI=1S/C14H11BrN4O2S/c15-9-5-12(22-8-9)14(20)19-4-1-10(7-19)21-13-11(6-16)17-2-3-18-13/h2-3,5,8,10H,1,4,7H2/t10-/m1/s1. The number of halogens is 1. The summed E-state index contributed by atoms with van der Waals surface area (Å²) in [6.45, 7) is 1.11. The van der Waals surface area contributed by atoms with Gasteiger partial charge in [-0.05, 0) is 22.0 Å². The van der Waals surface area contributed by atoms with Crippen LogP contribution in [-0.2, 0) is 0 Å². The van der Waals surface area contributed by atoms with Gasteiger partial charge in [-0.3, -0.25) is 4.79 Å². The highest BCUT2D eigenvalue weighted by molar-refractivity contribution is 9.10. The van der Waals surface area contributed by atoms with Crippen LogP contribution >= 0.6 is 27.3 Å². The minimum atomic E-state index is -0.170. The Balaban J connectivity index is 1.65. The summed E-state index contributed by atoms with van der Waals surface area (Å²) in [7, 11) is 0. The van der Waals surface area contributed by atoms with Crippen molar-refractivity contribution in [3.63, 3.8) is 0 Å². The number of carbonyl (C=O) groups excluding carboxylic acids is 1. The van der Waals surface area contributed by atoms with E-state index < -0.39 is 0 Å². The number of hydrogen-bond acceptors (Lipinski definition) is 6. The molecule has 1 atom stereocenters.